The predicted octanol–water partition coefficient (Wildman–Crippen LogP) is 3.71. The third-order valence-electron chi connectivity index (χ3n) is 3.63. The van der Waals surface area contributed by atoms with Crippen LogP contribution in [0, 0.1) is 0 Å². The van der Waals surface area contributed by atoms with E-state index >= 15 is 0 Å². The maximum absolute atomic E-state index is 12.6. The van der Waals surface area contributed by atoms with E-state index in [2.05, 4.69) is 4.98 Å². The van der Waals surface area contributed by atoms with Crippen LogP contribution in [0.5, 0.6) is 0 Å². The lowest BCUT2D eigenvalue weighted by atomic mass is 10.1. The Morgan fingerprint density at radius 1 is 1.20 bits per heavy atom. The molecule has 1 atom stereocenters. The lowest BCUT2D eigenvalue weighted by Gasteiger charge is -2.24. The number of rotatable bonds is 2. The number of aromatic nitrogens is 1. The molecule has 102 valence electrons. The summed E-state index contributed by atoms with van der Waals surface area (Å²) in [5, 5.41) is 0.643. The average Bonchev–Trinajstić information content (AvgIpc) is 2.97. The molecule has 0 radical (unpaired) electrons. The fourth-order valence-electron chi connectivity index (χ4n) is 2.65. The lowest BCUT2D eigenvalue weighted by molar-refractivity contribution is 0.0733. The van der Waals surface area contributed by atoms with Crippen LogP contribution in [0.15, 0.2) is 48.7 Å². The van der Waals surface area contributed by atoms with Crippen LogP contribution in [0.1, 0.15) is 34.9 Å². The van der Waals surface area contributed by atoms with E-state index < -0.39 is 0 Å². The third kappa shape index (κ3) is 2.54. The molecule has 3 rings (SSSR count). The van der Waals surface area contributed by atoms with Crippen molar-refractivity contribution in [2.24, 2.45) is 0 Å². The minimum atomic E-state index is 0.0508. The molecule has 1 unspecified atom stereocenters. The predicted molar refractivity (Wildman–Crippen MR) is 78.7 cm³/mol. The molecule has 0 bridgehead atoms. The van der Waals surface area contributed by atoms with E-state index in [1.54, 1.807) is 30.5 Å². The van der Waals surface area contributed by atoms with Crippen LogP contribution in [0.25, 0.3) is 0 Å². The van der Waals surface area contributed by atoms with Gasteiger partial charge in [0.15, 0.2) is 0 Å². The zero-order valence-corrected chi connectivity index (χ0v) is 11.8. The Labute approximate surface area is 123 Å². The quantitative estimate of drug-likeness (QED) is 0.843. The molecule has 1 amide bonds. The summed E-state index contributed by atoms with van der Waals surface area (Å²) in [5.41, 5.74) is 1.64. The molecule has 1 aliphatic rings. The van der Waals surface area contributed by atoms with Gasteiger partial charge in [-0.2, -0.15) is 0 Å². The molecule has 1 aromatic heterocycles. The summed E-state index contributed by atoms with van der Waals surface area (Å²) in [5.74, 6) is 0.0508. The molecule has 4 heteroatoms. The van der Waals surface area contributed by atoms with E-state index in [1.807, 2.05) is 23.1 Å². The lowest BCUT2D eigenvalue weighted by Crippen LogP contribution is -2.30. The van der Waals surface area contributed by atoms with E-state index in [0.717, 1.165) is 25.1 Å². The molecular formula is C16H15ClN2O. The first-order valence-corrected chi connectivity index (χ1v) is 7.11. The fraction of sp³-hybridized carbons (Fsp3) is 0.250. The molecule has 0 saturated carbocycles. The summed E-state index contributed by atoms with van der Waals surface area (Å²) in [6.07, 6.45) is 3.76. The topological polar surface area (TPSA) is 33.2 Å². The fourth-order valence-corrected chi connectivity index (χ4v) is 2.77. The number of likely N-dealkylation sites (tertiary alicyclic amines) is 1. The van der Waals surface area contributed by atoms with E-state index in [4.69, 9.17) is 11.6 Å². The zero-order valence-electron chi connectivity index (χ0n) is 11.0. The molecule has 0 aliphatic carbocycles. The Morgan fingerprint density at radius 2 is 2.00 bits per heavy atom. The number of amides is 1. The third-order valence-corrected chi connectivity index (χ3v) is 3.89. The van der Waals surface area contributed by atoms with Crippen molar-refractivity contribution in [3.05, 3.63) is 64.9 Å². The van der Waals surface area contributed by atoms with Crippen molar-refractivity contribution in [2.75, 3.05) is 6.54 Å². The van der Waals surface area contributed by atoms with Crippen molar-refractivity contribution in [1.29, 1.82) is 0 Å². The first-order valence-electron chi connectivity index (χ1n) is 6.73. The van der Waals surface area contributed by atoms with Crippen LogP contribution in [0.2, 0.25) is 5.02 Å². The summed E-state index contributed by atoms with van der Waals surface area (Å²) in [6.45, 7) is 0.780. The van der Waals surface area contributed by atoms with Crippen LogP contribution >= 0.6 is 11.6 Å². The Bertz CT molecular complexity index is 598. The second-order valence-electron chi connectivity index (χ2n) is 4.92. The van der Waals surface area contributed by atoms with Crippen LogP contribution in [0.3, 0.4) is 0 Å². The summed E-state index contributed by atoms with van der Waals surface area (Å²) in [4.78, 5) is 18.9. The Kier molecular flexibility index (Phi) is 3.70. The van der Waals surface area contributed by atoms with Gasteiger partial charge in [-0.05, 0) is 49.2 Å². The second kappa shape index (κ2) is 5.63. The molecule has 0 spiro atoms. The van der Waals surface area contributed by atoms with Gasteiger partial charge in [0.25, 0.3) is 5.91 Å². The van der Waals surface area contributed by atoms with Gasteiger partial charge in [-0.3, -0.25) is 9.78 Å². The van der Waals surface area contributed by atoms with Crippen molar-refractivity contribution < 1.29 is 4.79 Å². The highest BCUT2D eigenvalue weighted by molar-refractivity contribution is 6.30. The minimum Gasteiger partial charge on any atom is -0.330 e. The van der Waals surface area contributed by atoms with Crippen LogP contribution in [-0.4, -0.2) is 22.3 Å². The van der Waals surface area contributed by atoms with Crippen LogP contribution in [0.4, 0.5) is 0 Å². The van der Waals surface area contributed by atoms with Gasteiger partial charge in [0.2, 0.25) is 0 Å². The Hall–Kier alpha value is -1.87. The summed E-state index contributed by atoms with van der Waals surface area (Å²) >= 11 is 5.87. The van der Waals surface area contributed by atoms with E-state index in [9.17, 15) is 4.79 Å². The highest BCUT2D eigenvalue weighted by Gasteiger charge is 2.31. The van der Waals surface area contributed by atoms with Crippen molar-refractivity contribution in [3.8, 4) is 0 Å². The molecular weight excluding hydrogens is 272 g/mol. The van der Waals surface area contributed by atoms with Crippen LogP contribution in [-0.2, 0) is 0 Å². The molecule has 1 saturated heterocycles. The first-order chi connectivity index (χ1) is 9.75. The van der Waals surface area contributed by atoms with Gasteiger partial charge in [-0.25, -0.2) is 0 Å². The molecule has 2 heterocycles. The van der Waals surface area contributed by atoms with Crippen LogP contribution < -0.4 is 0 Å². The van der Waals surface area contributed by atoms with Gasteiger partial charge in [-0.1, -0.05) is 17.7 Å². The Balaban J connectivity index is 1.85. The van der Waals surface area contributed by atoms with E-state index in [-0.39, 0.29) is 11.9 Å². The zero-order chi connectivity index (χ0) is 13.9. The highest BCUT2D eigenvalue weighted by atomic mass is 35.5. The summed E-state index contributed by atoms with van der Waals surface area (Å²) in [6, 6.07) is 13.0. The summed E-state index contributed by atoms with van der Waals surface area (Å²) in [7, 11) is 0. The van der Waals surface area contributed by atoms with Gasteiger partial charge in [-0.15, -0.1) is 0 Å². The molecule has 2 aromatic rings. The molecule has 1 fully saturated rings. The SMILES string of the molecule is O=C(c1ccc(Cl)cc1)N1CCCC1c1ccccn1. The van der Waals surface area contributed by atoms with Crippen molar-refractivity contribution >= 4 is 17.5 Å². The number of carbonyl (C=O) groups excluding carboxylic acids is 1. The number of nitrogens with zero attached hydrogens (tertiary/aromatic N) is 2. The maximum atomic E-state index is 12.6. The summed E-state index contributed by atoms with van der Waals surface area (Å²) < 4.78 is 0. The largest absolute Gasteiger partial charge is 0.330 e. The van der Waals surface area contributed by atoms with E-state index in [1.165, 1.54) is 0 Å². The van der Waals surface area contributed by atoms with Gasteiger partial charge in [0, 0.05) is 23.3 Å². The average molecular weight is 287 g/mol. The van der Waals surface area contributed by atoms with Crippen molar-refractivity contribution in [1.82, 2.24) is 9.88 Å². The molecule has 1 aliphatic heterocycles. The maximum Gasteiger partial charge on any atom is 0.254 e. The van der Waals surface area contributed by atoms with Gasteiger partial charge in [0.1, 0.15) is 0 Å². The normalized spacial score (nSPS) is 18.2. The number of benzene rings is 1. The minimum absolute atomic E-state index is 0.0508. The van der Waals surface area contributed by atoms with Gasteiger partial charge in [0.05, 0.1) is 11.7 Å². The Morgan fingerprint density at radius 3 is 2.70 bits per heavy atom. The first kappa shape index (κ1) is 13.1. The number of carbonyl (C=O) groups is 1. The second-order valence-corrected chi connectivity index (χ2v) is 5.35. The number of pyridine rings is 1. The number of hydrogen-bond donors (Lipinski definition) is 0. The van der Waals surface area contributed by atoms with Crippen molar-refractivity contribution in [2.45, 2.75) is 18.9 Å². The van der Waals surface area contributed by atoms with Crippen molar-refractivity contribution in [3.63, 3.8) is 0 Å². The monoisotopic (exact) mass is 286 g/mol. The number of hydrogen-bond acceptors (Lipinski definition) is 2. The molecule has 3 nitrogen and oxygen atoms in total. The van der Waals surface area contributed by atoms with Gasteiger partial charge >= 0.3 is 0 Å². The number of halogens is 1. The molecule has 1 aromatic carbocycles. The highest BCUT2D eigenvalue weighted by Crippen LogP contribution is 2.31. The molecule has 0 N–H and O–H groups in total. The van der Waals surface area contributed by atoms with E-state index in [0.29, 0.717) is 10.6 Å². The smallest absolute Gasteiger partial charge is 0.254 e. The molecule has 20 heavy (non-hydrogen) atoms. The standard InChI is InChI=1S/C16H15ClN2O/c17-13-8-6-12(7-9-13)16(20)19-11-3-5-15(19)14-4-1-2-10-18-14/h1-2,4,6-10,15H,3,5,11H2. The van der Waals surface area contributed by atoms with Gasteiger partial charge < -0.3 is 4.90 Å².